The molecule has 49 heavy (non-hydrogen) atoms. The minimum atomic E-state index is -1.29. The summed E-state index contributed by atoms with van der Waals surface area (Å²) in [4.78, 5) is 51.7. The summed E-state index contributed by atoms with van der Waals surface area (Å²) in [5.41, 5.74) is 2.67. The molecule has 0 fully saturated rings. The van der Waals surface area contributed by atoms with E-state index >= 15 is 0 Å². The number of carbonyl (C=O) groups excluding carboxylic acids is 4. The molecular weight excluding hydrogens is 624 g/mol. The van der Waals surface area contributed by atoms with Crippen molar-refractivity contribution in [1.29, 1.82) is 0 Å². The van der Waals surface area contributed by atoms with Crippen LogP contribution in [0.4, 0.5) is 0 Å². The Morgan fingerprint density at radius 2 is 1.43 bits per heavy atom. The SMILES string of the molecule is C=CCCCC(=O)OC[C@@H](NC(=O)[C@H](CC=C)CC(=O)N[C@H](CO)Cc1ccc(OCc2ccccc2)cc1)C(=O)OCc1ccccc1. The van der Waals surface area contributed by atoms with Gasteiger partial charge in [-0.15, -0.1) is 13.2 Å². The van der Waals surface area contributed by atoms with Gasteiger partial charge in [0.15, 0.2) is 6.04 Å². The molecule has 0 unspecified atom stereocenters. The summed E-state index contributed by atoms with van der Waals surface area (Å²) in [6.07, 6.45) is 4.76. The molecule has 0 bridgehead atoms. The van der Waals surface area contributed by atoms with Crippen LogP contribution in [0.1, 0.15) is 48.8 Å². The fraction of sp³-hybridized carbons (Fsp3) is 0.333. The zero-order valence-corrected chi connectivity index (χ0v) is 27.8. The van der Waals surface area contributed by atoms with Gasteiger partial charge in [-0.1, -0.05) is 84.9 Å². The van der Waals surface area contributed by atoms with E-state index in [-0.39, 0.29) is 32.5 Å². The highest BCUT2D eigenvalue weighted by atomic mass is 16.6. The highest BCUT2D eigenvalue weighted by Crippen LogP contribution is 2.16. The third-order valence-electron chi connectivity index (χ3n) is 7.52. The van der Waals surface area contributed by atoms with Crippen LogP contribution in [-0.4, -0.2) is 54.2 Å². The first kappa shape index (κ1) is 38.2. The Hall–Kier alpha value is -5.22. The van der Waals surface area contributed by atoms with E-state index in [9.17, 15) is 24.3 Å². The van der Waals surface area contributed by atoms with Gasteiger partial charge in [-0.05, 0) is 54.5 Å². The molecule has 0 radical (unpaired) electrons. The maximum Gasteiger partial charge on any atom is 0.332 e. The quantitative estimate of drug-likeness (QED) is 0.0772. The van der Waals surface area contributed by atoms with E-state index in [1.165, 1.54) is 6.08 Å². The highest BCUT2D eigenvalue weighted by Gasteiger charge is 2.29. The number of hydrogen-bond donors (Lipinski definition) is 3. The summed E-state index contributed by atoms with van der Waals surface area (Å²) in [6.45, 7) is 6.99. The Labute approximate surface area is 288 Å². The molecule has 3 aromatic rings. The molecule has 3 aromatic carbocycles. The second kappa shape index (κ2) is 21.6. The molecule has 0 aromatic heterocycles. The van der Waals surface area contributed by atoms with Crippen molar-refractivity contribution in [2.75, 3.05) is 13.2 Å². The van der Waals surface area contributed by atoms with E-state index in [4.69, 9.17) is 14.2 Å². The number of aliphatic hydroxyl groups excluding tert-OH is 1. The van der Waals surface area contributed by atoms with Crippen LogP contribution in [0.2, 0.25) is 0 Å². The third-order valence-corrected chi connectivity index (χ3v) is 7.52. The van der Waals surface area contributed by atoms with Gasteiger partial charge in [0, 0.05) is 12.8 Å². The van der Waals surface area contributed by atoms with Crippen LogP contribution in [0, 0.1) is 5.92 Å². The van der Waals surface area contributed by atoms with Crippen LogP contribution in [0.3, 0.4) is 0 Å². The van der Waals surface area contributed by atoms with Crippen LogP contribution in [-0.2, 0) is 48.3 Å². The van der Waals surface area contributed by atoms with Gasteiger partial charge in [-0.3, -0.25) is 14.4 Å². The van der Waals surface area contributed by atoms with Crippen molar-refractivity contribution in [3.63, 3.8) is 0 Å². The van der Waals surface area contributed by atoms with Crippen molar-refractivity contribution in [3.8, 4) is 5.75 Å². The van der Waals surface area contributed by atoms with Gasteiger partial charge in [0.25, 0.3) is 0 Å². The summed E-state index contributed by atoms with van der Waals surface area (Å²) >= 11 is 0. The van der Waals surface area contributed by atoms with Gasteiger partial charge in [0.1, 0.15) is 25.6 Å². The number of esters is 2. The molecule has 0 heterocycles. The zero-order chi connectivity index (χ0) is 35.3. The summed E-state index contributed by atoms with van der Waals surface area (Å²) < 4.78 is 16.5. The average Bonchev–Trinajstić information content (AvgIpc) is 3.12. The van der Waals surface area contributed by atoms with E-state index in [0.29, 0.717) is 31.6 Å². The minimum absolute atomic E-state index is 0.0379. The van der Waals surface area contributed by atoms with Crippen LogP contribution < -0.4 is 15.4 Å². The molecular formula is C39H46N2O8. The van der Waals surface area contributed by atoms with E-state index in [1.54, 1.807) is 30.3 Å². The Bertz CT molecular complexity index is 1480. The second-order valence-corrected chi connectivity index (χ2v) is 11.5. The predicted octanol–water partition coefficient (Wildman–Crippen LogP) is 5.00. The third kappa shape index (κ3) is 14.6. The van der Waals surface area contributed by atoms with Gasteiger partial charge in [-0.2, -0.15) is 0 Å². The predicted molar refractivity (Wildman–Crippen MR) is 186 cm³/mol. The largest absolute Gasteiger partial charge is 0.489 e. The fourth-order valence-corrected chi connectivity index (χ4v) is 4.83. The Morgan fingerprint density at radius 1 is 0.776 bits per heavy atom. The number of nitrogens with one attached hydrogen (secondary N) is 2. The van der Waals surface area contributed by atoms with Gasteiger partial charge in [0.2, 0.25) is 11.8 Å². The molecule has 0 aliphatic heterocycles. The van der Waals surface area contributed by atoms with Crippen molar-refractivity contribution >= 4 is 23.8 Å². The van der Waals surface area contributed by atoms with Gasteiger partial charge < -0.3 is 30.0 Å². The number of benzene rings is 3. The lowest BCUT2D eigenvalue weighted by atomic mass is 9.98. The summed E-state index contributed by atoms with van der Waals surface area (Å²) in [6, 6.07) is 24.3. The van der Waals surface area contributed by atoms with Crippen molar-refractivity contribution < 1.29 is 38.5 Å². The number of allylic oxidation sites excluding steroid dienone is 2. The number of unbranched alkanes of at least 4 members (excludes halogenated alkanes) is 1. The standard InChI is InChI=1S/C39H46N2O8/c1-3-5-8-18-37(44)48-28-35(39(46)49-27-31-16-11-7-12-17-31)41-38(45)32(13-4-2)24-36(43)40-33(25-42)23-29-19-21-34(22-20-29)47-26-30-14-9-6-10-15-30/h3-4,6-7,9-12,14-17,19-22,32-33,35,42H,1-2,5,8,13,18,23-28H2,(H,40,43)(H,41,45)/t32-,33+,35-/m1/s1. The van der Waals surface area contributed by atoms with Crippen LogP contribution in [0.5, 0.6) is 5.75 Å². The number of amides is 2. The molecule has 10 heteroatoms. The van der Waals surface area contributed by atoms with Crippen molar-refractivity contribution in [3.05, 3.63) is 127 Å². The zero-order valence-electron chi connectivity index (χ0n) is 27.8. The van der Waals surface area contributed by atoms with E-state index in [0.717, 1.165) is 16.7 Å². The second-order valence-electron chi connectivity index (χ2n) is 11.5. The van der Waals surface area contributed by atoms with Crippen LogP contribution in [0.25, 0.3) is 0 Å². The molecule has 0 aliphatic carbocycles. The number of rotatable bonds is 22. The van der Waals surface area contributed by atoms with E-state index < -0.39 is 48.4 Å². The molecule has 3 atom stereocenters. The van der Waals surface area contributed by atoms with Gasteiger partial charge in [-0.25, -0.2) is 4.79 Å². The molecule has 260 valence electrons. The lowest BCUT2D eigenvalue weighted by Gasteiger charge is -2.22. The summed E-state index contributed by atoms with van der Waals surface area (Å²) in [5, 5.41) is 15.4. The smallest absolute Gasteiger partial charge is 0.332 e. The number of hydrogen-bond acceptors (Lipinski definition) is 8. The molecule has 0 saturated carbocycles. The van der Waals surface area contributed by atoms with Gasteiger partial charge in [0.05, 0.1) is 18.6 Å². The van der Waals surface area contributed by atoms with E-state index in [1.807, 2.05) is 60.7 Å². The minimum Gasteiger partial charge on any atom is -0.489 e. The van der Waals surface area contributed by atoms with Crippen molar-refractivity contribution in [2.45, 2.75) is 63.8 Å². The maximum atomic E-state index is 13.4. The molecule has 2 amide bonds. The molecule has 0 saturated heterocycles. The molecule has 3 rings (SSSR count). The lowest BCUT2D eigenvalue weighted by molar-refractivity contribution is -0.155. The first-order chi connectivity index (χ1) is 23.8. The molecule has 3 N–H and O–H groups in total. The average molecular weight is 671 g/mol. The van der Waals surface area contributed by atoms with Gasteiger partial charge >= 0.3 is 11.9 Å². The summed E-state index contributed by atoms with van der Waals surface area (Å²) in [7, 11) is 0. The summed E-state index contributed by atoms with van der Waals surface area (Å²) in [5.74, 6) is -2.56. The Balaban J connectivity index is 1.57. The topological polar surface area (TPSA) is 140 Å². The van der Waals surface area contributed by atoms with E-state index in [2.05, 4.69) is 23.8 Å². The monoisotopic (exact) mass is 670 g/mol. The normalized spacial score (nSPS) is 12.4. The van der Waals surface area contributed by atoms with Crippen molar-refractivity contribution in [1.82, 2.24) is 10.6 Å². The Morgan fingerprint density at radius 3 is 2.04 bits per heavy atom. The fourth-order valence-electron chi connectivity index (χ4n) is 4.83. The first-order valence-electron chi connectivity index (χ1n) is 16.4. The maximum absolute atomic E-state index is 13.4. The highest BCUT2D eigenvalue weighted by molar-refractivity contribution is 5.89. The lowest BCUT2D eigenvalue weighted by Crippen LogP contribution is -2.48. The van der Waals surface area contributed by atoms with Crippen LogP contribution in [0.15, 0.2) is 110 Å². The number of aliphatic hydroxyl groups is 1. The number of carbonyl (C=O) groups is 4. The molecule has 10 nitrogen and oxygen atoms in total. The van der Waals surface area contributed by atoms with Crippen molar-refractivity contribution in [2.24, 2.45) is 5.92 Å². The molecule has 0 spiro atoms. The Kier molecular flexibility index (Phi) is 16.9. The first-order valence-corrected chi connectivity index (χ1v) is 16.4. The van der Waals surface area contributed by atoms with Crippen LogP contribution >= 0.6 is 0 Å². The number of ether oxygens (including phenoxy) is 3. The molecule has 0 aliphatic rings.